The minimum absolute atomic E-state index is 0.163. The number of rotatable bonds is 16. The number of ether oxygens (including phenoxy) is 3. The summed E-state index contributed by atoms with van der Waals surface area (Å²) in [6.07, 6.45) is 1.07. The van der Waals surface area contributed by atoms with E-state index in [0.717, 1.165) is 16.0 Å². The van der Waals surface area contributed by atoms with Gasteiger partial charge in [0.1, 0.15) is 0 Å². The zero-order valence-corrected chi connectivity index (χ0v) is 24.7. The second-order valence-corrected chi connectivity index (χ2v) is 12.2. The Hall–Kier alpha value is -2.92. The van der Waals surface area contributed by atoms with Gasteiger partial charge >= 0.3 is 0 Å². The molecule has 3 aromatic rings. The van der Waals surface area contributed by atoms with Crippen molar-refractivity contribution in [2.75, 3.05) is 47.6 Å². The molecule has 0 saturated carbocycles. The van der Waals surface area contributed by atoms with Gasteiger partial charge in [-0.15, -0.1) is 11.3 Å². The lowest BCUT2D eigenvalue weighted by molar-refractivity contribution is -0.132. The highest BCUT2D eigenvalue weighted by Gasteiger charge is 2.27. The molecule has 0 radical (unpaired) electrons. The highest BCUT2D eigenvalue weighted by atomic mass is 32.2. The molecule has 10 heteroatoms. The number of hydrogen-bond acceptors (Lipinski definition) is 7. The molecule has 0 unspecified atom stereocenters. The van der Waals surface area contributed by atoms with Crippen molar-refractivity contribution >= 4 is 27.3 Å². The molecular weight excluding hydrogens is 536 g/mol. The van der Waals surface area contributed by atoms with Crippen LogP contribution in [-0.4, -0.2) is 71.1 Å². The molecule has 0 aliphatic heterocycles. The molecule has 0 aliphatic carbocycles. The molecule has 1 aromatic heterocycles. The third-order valence-corrected chi connectivity index (χ3v) is 9.23. The Morgan fingerprint density at radius 1 is 0.923 bits per heavy atom. The number of thiophene rings is 1. The molecule has 3 rings (SSSR count). The van der Waals surface area contributed by atoms with Crippen LogP contribution in [0.4, 0.5) is 0 Å². The number of carbonyl (C=O) groups is 1. The first-order chi connectivity index (χ1) is 18.8. The van der Waals surface area contributed by atoms with Crippen molar-refractivity contribution < 1.29 is 27.4 Å². The summed E-state index contributed by atoms with van der Waals surface area (Å²) in [5.41, 5.74) is 2.78. The van der Waals surface area contributed by atoms with Gasteiger partial charge in [0.2, 0.25) is 15.9 Å². The number of benzene rings is 2. The Balaban J connectivity index is 1.81. The Labute approximate surface area is 236 Å². The fourth-order valence-corrected chi connectivity index (χ4v) is 6.59. The van der Waals surface area contributed by atoms with E-state index in [1.54, 1.807) is 49.7 Å². The van der Waals surface area contributed by atoms with Crippen LogP contribution in [0, 0.1) is 6.92 Å². The number of hydrogen-bond donors (Lipinski definition) is 0. The predicted molar refractivity (Wildman–Crippen MR) is 155 cm³/mol. The lowest BCUT2D eigenvalue weighted by Gasteiger charge is -2.27. The third-order valence-electron chi connectivity index (χ3n) is 6.43. The molecule has 2 aromatic carbocycles. The minimum atomic E-state index is -3.74. The lowest BCUT2D eigenvalue weighted by Crippen LogP contribution is -2.44. The number of aryl methyl sites for hydroxylation is 1. The van der Waals surface area contributed by atoms with Crippen molar-refractivity contribution in [1.29, 1.82) is 0 Å². The van der Waals surface area contributed by atoms with E-state index in [9.17, 15) is 13.2 Å². The normalized spacial score (nSPS) is 11.5. The van der Waals surface area contributed by atoms with E-state index in [1.807, 2.05) is 54.8 Å². The summed E-state index contributed by atoms with van der Waals surface area (Å²) in [7, 11) is 1.02. The molecule has 0 bridgehead atoms. The Morgan fingerprint density at radius 3 is 2.31 bits per heavy atom. The van der Waals surface area contributed by atoms with Crippen molar-refractivity contribution in [2.24, 2.45) is 0 Å². The molecule has 0 atom stereocenters. The maximum atomic E-state index is 13.7. The van der Waals surface area contributed by atoms with E-state index in [0.29, 0.717) is 49.6 Å². The number of nitrogens with zero attached hydrogens (tertiary/aromatic N) is 2. The van der Waals surface area contributed by atoms with Crippen molar-refractivity contribution in [3.05, 3.63) is 81.5 Å². The number of methoxy groups -OCH3 is 3. The highest BCUT2D eigenvalue weighted by molar-refractivity contribution is 7.88. The highest BCUT2D eigenvalue weighted by Crippen LogP contribution is 2.28. The molecule has 0 spiro atoms. The SMILES string of the molecule is COCCCN(CC(=O)N(CCc1ccc(OC)c(OC)c1)Cc1sccc1C)S(=O)(=O)Cc1ccccc1. The van der Waals surface area contributed by atoms with Crippen LogP contribution in [0.25, 0.3) is 0 Å². The van der Waals surface area contributed by atoms with Gasteiger partial charge in [0.15, 0.2) is 11.5 Å². The molecule has 8 nitrogen and oxygen atoms in total. The van der Waals surface area contributed by atoms with E-state index in [-0.39, 0.29) is 24.7 Å². The fourth-order valence-electron chi connectivity index (χ4n) is 4.16. The van der Waals surface area contributed by atoms with Gasteiger partial charge in [0.25, 0.3) is 0 Å². The third kappa shape index (κ3) is 9.06. The summed E-state index contributed by atoms with van der Waals surface area (Å²) in [5, 5.41) is 2.00. The first-order valence-corrected chi connectivity index (χ1v) is 15.3. The van der Waals surface area contributed by atoms with Gasteiger partial charge in [-0.3, -0.25) is 4.79 Å². The minimum Gasteiger partial charge on any atom is -0.493 e. The molecule has 0 fully saturated rings. The maximum Gasteiger partial charge on any atom is 0.238 e. The van der Waals surface area contributed by atoms with Crippen molar-refractivity contribution in [3.8, 4) is 11.5 Å². The van der Waals surface area contributed by atoms with E-state index >= 15 is 0 Å². The van der Waals surface area contributed by atoms with E-state index in [1.165, 1.54) is 4.31 Å². The summed E-state index contributed by atoms with van der Waals surface area (Å²) in [5.74, 6) is 0.860. The Kier molecular flexibility index (Phi) is 11.8. The Bertz CT molecular complexity index is 1290. The number of amides is 1. The van der Waals surface area contributed by atoms with E-state index in [4.69, 9.17) is 14.2 Å². The molecule has 39 heavy (non-hydrogen) atoms. The van der Waals surface area contributed by atoms with E-state index < -0.39 is 10.0 Å². The first kappa shape index (κ1) is 30.6. The van der Waals surface area contributed by atoms with E-state index in [2.05, 4.69) is 0 Å². The fraction of sp³-hybridized carbons (Fsp3) is 0.414. The van der Waals surface area contributed by atoms with Crippen LogP contribution in [0.5, 0.6) is 11.5 Å². The molecular formula is C29H38N2O6S2. The van der Waals surface area contributed by atoms with Crippen LogP contribution in [0.2, 0.25) is 0 Å². The summed E-state index contributed by atoms with van der Waals surface area (Å²) >= 11 is 1.59. The Morgan fingerprint density at radius 2 is 1.67 bits per heavy atom. The van der Waals surface area contributed by atoms with Crippen LogP contribution in [0.15, 0.2) is 60.0 Å². The zero-order chi connectivity index (χ0) is 28.3. The van der Waals surface area contributed by atoms with Gasteiger partial charge in [-0.05, 0) is 60.0 Å². The quantitative estimate of drug-likeness (QED) is 0.234. The molecule has 1 heterocycles. The van der Waals surface area contributed by atoms with Crippen molar-refractivity contribution in [1.82, 2.24) is 9.21 Å². The van der Waals surface area contributed by atoms with Crippen LogP contribution >= 0.6 is 11.3 Å². The van der Waals surface area contributed by atoms with Gasteiger partial charge in [0, 0.05) is 31.7 Å². The van der Waals surface area contributed by atoms with Gasteiger partial charge in [-0.25, -0.2) is 8.42 Å². The lowest BCUT2D eigenvalue weighted by atomic mass is 10.1. The second-order valence-electron chi connectivity index (χ2n) is 9.20. The van der Waals surface area contributed by atoms with Gasteiger partial charge in [-0.1, -0.05) is 36.4 Å². The summed E-state index contributed by atoms with van der Waals surface area (Å²) in [6.45, 7) is 3.25. The topological polar surface area (TPSA) is 85.4 Å². The first-order valence-electron chi connectivity index (χ1n) is 12.8. The van der Waals surface area contributed by atoms with Crippen molar-refractivity contribution in [2.45, 2.75) is 32.1 Å². The number of sulfonamides is 1. The molecule has 0 saturated heterocycles. The molecule has 0 N–H and O–H groups in total. The maximum absolute atomic E-state index is 13.7. The second kappa shape index (κ2) is 15.0. The average molecular weight is 575 g/mol. The number of carbonyl (C=O) groups excluding carboxylic acids is 1. The summed E-state index contributed by atoms with van der Waals surface area (Å²) in [4.78, 5) is 16.5. The van der Waals surface area contributed by atoms with Gasteiger partial charge in [-0.2, -0.15) is 4.31 Å². The predicted octanol–water partition coefficient (Wildman–Crippen LogP) is 4.51. The smallest absolute Gasteiger partial charge is 0.238 e. The summed E-state index contributed by atoms with van der Waals surface area (Å²) < 4.78 is 44.1. The van der Waals surface area contributed by atoms with Crippen LogP contribution in [-0.2, 0) is 38.3 Å². The van der Waals surface area contributed by atoms with Crippen molar-refractivity contribution in [3.63, 3.8) is 0 Å². The molecule has 1 amide bonds. The van der Waals surface area contributed by atoms with Crippen LogP contribution in [0.1, 0.15) is 28.0 Å². The summed E-state index contributed by atoms with van der Waals surface area (Å²) in [6, 6.07) is 16.7. The van der Waals surface area contributed by atoms with Gasteiger partial charge < -0.3 is 19.1 Å². The average Bonchev–Trinajstić information content (AvgIpc) is 3.34. The standard InChI is InChI=1S/C29H38N2O6S2/c1-23-14-18-38-28(23)20-30(16-13-24-11-12-26(36-3)27(19-24)37-4)29(32)21-31(15-8-17-35-2)39(33,34)22-25-9-6-5-7-10-25/h5-7,9-12,14,18-19H,8,13,15-17,20-22H2,1-4H3. The van der Waals surface area contributed by atoms with Crippen LogP contribution in [0.3, 0.4) is 0 Å². The molecule has 0 aliphatic rings. The molecule has 212 valence electrons. The zero-order valence-electron chi connectivity index (χ0n) is 23.1. The van der Waals surface area contributed by atoms with Gasteiger partial charge in [0.05, 0.1) is 33.1 Å². The largest absolute Gasteiger partial charge is 0.493 e. The van der Waals surface area contributed by atoms with Crippen LogP contribution < -0.4 is 9.47 Å². The monoisotopic (exact) mass is 574 g/mol.